The van der Waals surface area contributed by atoms with Crippen molar-refractivity contribution in [3.63, 3.8) is 0 Å². The van der Waals surface area contributed by atoms with Gasteiger partial charge in [-0.1, -0.05) is 26.7 Å². The van der Waals surface area contributed by atoms with Crippen molar-refractivity contribution < 1.29 is 4.79 Å². The average molecular weight is 274 g/mol. The molecular weight excluding hydrogens is 248 g/mol. The third kappa shape index (κ3) is 3.53. The van der Waals surface area contributed by atoms with Crippen LogP contribution in [0.25, 0.3) is 0 Å². The Hall–Kier alpha value is -1.51. The Morgan fingerprint density at radius 2 is 1.95 bits per heavy atom. The molecule has 3 heteroatoms. The topological polar surface area (TPSA) is 55.1 Å². The molecule has 1 amide bonds. The molecule has 0 heterocycles. The van der Waals surface area contributed by atoms with Gasteiger partial charge in [0.1, 0.15) is 0 Å². The van der Waals surface area contributed by atoms with Crippen molar-refractivity contribution in [3.05, 3.63) is 29.3 Å². The summed E-state index contributed by atoms with van der Waals surface area (Å²) in [5, 5.41) is 3.23. The van der Waals surface area contributed by atoms with E-state index in [0.29, 0.717) is 29.1 Å². The van der Waals surface area contributed by atoms with Gasteiger partial charge >= 0.3 is 0 Å². The molecule has 1 aromatic rings. The van der Waals surface area contributed by atoms with E-state index in [1.807, 2.05) is 19.1 Å². The van der Waals surface area contributed by atoms with Crippen molar-refractivity contribution in [2.45, 2.75) is 52.5 Å². The van der Waals surface area contributed by atoms with Crippen LogP contribution in [0.3, 0.4) is 0 Å². The molecule has 3 N–H and O–H groups in total. The average Bonchev–Trinajstić information content (AvgIpc) is 2.37. The molecule has 0 saturated heterocycles. The molecule has 2 rings (SSSR count). The molecule has 0 spiro atoms. The van der Waals surface area contributed by atoms with Gasteiger partial charge in [0.25, 0.3) is 5.91 Å². The molecule has 1 fully saturated rings. The van der Waals surface area contributed by atoms with Gasteiger partial charge in [0, 0.05) is 17.3 Å². The number of anilines is 1. The molecule has 1 saturated carbocycles. The number of nitrogens with one attached hydrogen (secondary N) is 1. The fourth-order valence-corrected chi connectivity index (χ4v) is 3.33. The minimum Gasteiger partial charge on any atom is -0.399 e. The number of rotatable bonds is 3. The Labute approximate surface area is 121 Å². The molecule has 0 bridgehead atoms. The Morgan fingerprint density at radius 3 is 2.60 bits per heavy atom. The SMILES string of the molecule is Cc1cc(N)cc(C(=O)NC2CCCCC2C(C)C)c1. The van der Waals surface area contributed by atoms with Crippen molar-refractivity contribution in [2.75, 3.05) is 5.73 Å². The van der Waals surface area contributed by atoms with Crippen molar-refractivity contribution >= 4 is 11.6 Å². The summed E-state index contributed by atoms with van der Waals surface area (Å²) < 4.78 is 0. The lowest BCUT2D eigenvalue weighted by Crippen LogP contribution is -2.44. The predicted octanol–water partition coefficient (Wildman–Crippen LogP) is 3.52. The summed E-state index contributed by atoms with van der Waals surface area (Å²) in [4.78, 5) is 12.4. The summed E-state index contributed by atoms with van der Waals surface area (Å²) in [5.41, 5.74) is 8.18. The zero-order chi connectivity index (χ0) is 14.7. The van der Waals surface area contributed by atoms with Crippen LogP contribution in [0.5, 0.6) is 0 Å². The normalized spacial score (nSPS) is 22.8. The number of hydrogen-bond acceptors (Lipinski definition) is 2. The van der Waals surface area contributed by atoms with Gasteiger partial charge in [0.05, 0.1) is 0 Å². The first kappa shape index (κ1) is 14.9. The largest absolute Gasteiger partial charge is 0.399 e. The highest BCUT2D eigenvalue weighted by molar-refractivity contribution is 5.95. The van der Waals surface area contributed by atoms with Gasteiger partial charge < -0.3 is 11.1 Å². The first-order valence-corrected chi connectivity index (χ1v) is 7.65. The van der Waals surface area contributed by atoms with Gasteiger partial charge in [-0.15, -0.1) is 0 Å². The molecule has 110 valence electrons. The van der Waals surface area contributed by atoms with Crippen molar-refractivity contribution in [1.82, 2.24) is 5.32 Å². The van der Waals surface area contributed by atoms with Crippen LogP contribution >= 0.6 is 0 Å². The van der Waals surface area contributed by atoms with Crippen LogP contribution in [0, 0.1) is 18.8 Å². The van der Waals surface area contributed by atoms with Gasteiger partial charge in [-0.25, -0.2) is 0 Å². The van der Waals surface area contributed by atoms with Crippen molar-refractivity contribution in [3.8, 4) is 0 Å². The molecule has 1 aliphatic rings. The Kier molecular flexibility index (Phi) is 4.69. The maximum absolute atomic E-state index is 12.4. The lowest BCUT2D eigenvalue weighted by atomic mass is 9.78. The number of carbonyl (C=O) groups excluding carboxylic acids is 1. The molecule has 1 aromatic carbocycles. The molecule has 20 heavy (non-hydrogen) atoms. The van der Waals surface area contributed by atoms with E-state index in [1.54, 1.807) is 6.07 Å². The fourth-order valence-electron chi connectivity index (χ4n) is 3.33. The maximum Gasteiger partial charge on any atom is 0.251 e. The van der Waals surface area contributed by atoms with Crippen LogP contribution in [-0.4, -0.2) is 11.9 Å². The molecule has 0 aromatic heterocycles. The molecule has 3 nitrogen and oxygen atoms in total. The number of nitrogens with two attached hydrogens (primary N) is 1. The van der Waals surface area contributed by atoms with E-state index >= 15 is 0 Å². The highest BCUT2D eigenvalue weighted by atomic mass is 16.1. The Bertz CT molecular complexity index is 462. The minimum absolute atomic E-state index is 0.0120. The van der Waals surface area contributed by atoms with Crippen molar-refractivity contribution in [1.29, 1.82) is 0 Å². The number of aryl methyl sites for hydroxylation is 1. The van der Waals surface area contributed by atoms with E-state index < -0.39 is 0 Å². The van der Waals surface area contributed by atoms with Gasteiger partial charge in [-0.05, 0) is 55.4 Å². The predicted molar refractivity (Wildman–Crippen MR) is 83.6 cm³/mol. The zero-order valence-corrected chi connectivity index (χ0v) is 12.8. The third-order valence-corrected chi connectivity index (χ3v) is 4.35. The van der Waals surface area contributed by atoms with E-state index in [2.05, 4.69) is 19.2 Å². The number of amides is 1. The Morgan fingerprint density at radius 1 is 1.25 bits per heavy atom. The van der Waals surface area contributed by atoms with E-state index in [1.165, 1.54) is 19.3 Å². The van der Waals surface area contributed by atoms with Crippen molar-refractivity contribution in [2.24, 2.45) is 11.8 Å². The van der Waals surface area contributed by atoms with Gasteiger partial charge in [0.15, 0.2) is 0 Å². The van der Waals surface area contributed by atoms with Crippen LogP contribution in [0.15, 0.2) is 18.2 Å². The second-order valence-corrected chi connectivity index (χ2v) is 6.40. The quantitative estimate of drug-likeness (QED) is 0.829. The van der Waals surface area contributed by atoms with E-state index in [9.17, 15) is 4.79 Å². The van der Waals surface area contributed by atoms with Crippen LogP contribution in [0.4, 0.5) is 5.69 Å². The molecule has 1 aliphatic carbocycles. The number of carbonyl (C=O) groups is 1. The van der Waals surface area contributed by atoms with Crippen LogP contribution in [0.2, 0.25) is 0 Å². The highest BCUT2D eigenvalue weighted by Gasteiger charge is 2.28. The van der Waals surface area contributed by atoms with E-state index in [0.717, 1.165) is 12.0 Å². The van der Waals surface area contributed by atoms with Gasteiger partial charge in [-0.2, -0.15) is 0 Å². The second-order valence-electron chi connectivity index (χ2n) is 6.40. The zero-order valence-electron chi connectivity index (χ0n) is 12.8. The third-order valence-electron chi connectivity index (χ3n) is 4.35. The fraction of sp³-hybridized carbons (Fsp3) is 0.588. The maximum atomic E-state index is 12.4. The molecule has 2 unspecified atom stereocenters. The van der Waals surface area contributed by atoms with E-state index in [-0.39, 0.29) is 5.91 Å². The highest BCUT2D eigenvalue weighted by Crippen LogP contribution is 2.30. The smallest absolute Gasteiger partial charge is 0.251 e. The van der Waals surface area contributed by atoms with E-state index in [4.69, 9.17) is 5.73 Å². The summed E-state index contributed by atoms with van der Waals surface area (Å²) in [6.07, 6.45) is 4.81. The molecule has 0 aliphatic heterocycles. The Balaban J connectivity index is 2.09. The summed E-state index contributed by atoms with van der Waals surface area (Å²) >= 11 is 0. The van der Waals surface area contributed by atoms with Gasteiger partial charge in [-0.3, -0.25) is 4.79 Å². The molecule has 2 atom stereocenters. The first-order chi connectivity index (χ1) is 9.47. The monoisotopic (exact) mass is 274 g/mol. The number of nitrogen functional groups attached to an aromatic ring is 1. The summed E-state index contributed by atoms with van der Waals surface area (Å²) in [5.74, 6) is 1.22. The van der Waals surface area contributed by atoms with Crippen LogP contribution in [-0.2, 0) is 0 Å². The standard InChI is InChI=1S/C17H26N2O/c1-11(2)15-6-4-5-7-16(15)19-17(20)13-8-12(3)9-14(18)10-13/h8-11,15-16H,4-7,18H2,1-3H3,(H,19,20). The molecular formula is C17H26N2O. The van der Waals surface area contributed by atoms with Crippen LogP contribution in [0.1, 0.15) is 55.5 Å². The minimum atomic E-state index is 0.0120. The van der Waals surface area contributed by atoms with Crippen LogP contribution < -0.4 is 11.1 Å². The van der Waals surface area contributed by atoms with Gasteiger partial charge in [0.2, 0.25) is 0 Å². The molecule has 0 radical (unpaired) electrons. The summed E-state index contributed by atoms with van der Waals surface area (Å²) in [7, 11) is 0. The first-order valence-electron chi connectivity index (χ1n) is 7.65. The number of benzene rings is 1. The second kappa shape index (κ2) is 6.29. The summed E-state index contributed by atoms with van der Waals surface area (Å²) in [6.45, 7) is 6.46. The number of hydrogen-bond donors (Lipinski definition) is 2. The summed E-state index contributed by atoms with van der Waals surface area (Å²) in [6, 6.07) is 5.85. The lowest BCUT2D eigenvalue weighted by molar-refractivity contribution is 0.0889. The lowest BCUT2D eigenvalue weighted by Gasteiger charge is -2.35.